The molecule has 0 aromatic carbocycles. The number of amides is 2. The average molecular weight is 318 g/mol. The summed E-state index contributed by atoms with van der Waals surface area (Å²) in [4.78, 5) is 43.9. The van der Waals surface area contributed by atoms with Crippen molar-refractivity contribution in [3.63, 3.8) is 0 Å². The Labute approximate surface area is 127 Å². The number of rotatable bonds is 11. The van der Waals surface area contributed by atoms with Gasteiger partial charge in [0, 0.05) is 6.42 Å². The van der Waals surface area contributed by atoms with Crippen LogP contribution in [0.25, 0.3) is 0 Å². The van der Waals surface area contributed by atoms with Crippen LogP contribution in [0.1, 0.15) is 32.1 Å². The molecule has 0 saturated carbocycles. The van der Waals surface area contributed by atoms with Crippen molar-refractivity contribution in [1.82, 2.24) is 5.32 Å². The molecule has 10 heteroatoms. The van der Waals surface area contributed by atoms with Gasteiger partial charge in [-0.15, -0.1) is 0 Å². The normalized spacial score (nSPS) is 14.6. The van der Waals surface area contributed by atoms with E-state index >= 15 is 0 Å². The molecule has 0 bridgehead atoms. The first-order chi connectivity index (χ1) is 10.1. The summed E-state index contributed by atoms with van der Waals surface area (Å²) in [6.45, 7) is 0. The molecule has 0 saturated heterocycles. The third-order valence-corrected chi connectivity index (χ3v) is 3.01. The molecule has 0 rings (SSSR count). The van der Waals surface area contributed by atoms with Crippen molar-refractivity contribution in [2.24, 2.45) is 17.2 Å². The number of carbonyl (C=O) groups excluding carboxylic acids is 2. The van der Waals surface area contributed by atoms with Crippen LogP contribution in [-0.4, -0.2) is 52.1 Å². The van der Waals surface area contributed by atoms with Crippen molar-refractivity contribution in [1.29, 1.82) is 0 Å². The predicted molar refractivity (Wildman–Crippen MR) is 75.4 cm³/mol. The second-order valence-electron chi connectivity index (χ2n) is 4.88. The number of aliphatic carboxylic acids is 2. The first-order valence-electron chi connectivity index (χ1n) is 6.70. The molecule has 0 heterocycles. The molecule has 0 aliphatic rings. The van der Waals surface area contributed by atoms with E-state index in [1.54, 1.807) is 0 Å². The standard InChI is InChI=1S/C12H22N4O6/c13-6(10(15)18)4-5-9(17)16-8(12(21)22)3-1-2-7(14)11(19)20/h6-8H,1-5,13-14H2,(H2,15,18)(H,16,17)(H,19,20)(H,21,22)/t6-,7?,8?/m0/s1. The third-order valence-electron chi connectivity index (χ3n) is 3.01. The zero-order chi connectivity index (χ0) is 17.3. The van der Waals surface area contributed by atoms with Gasteiger partial charge in [0.25, 0.3) is 0 Å². The zero-order valence-corrected chi connectivity index (χ0v) is 12.0. The molecule has 22 heavy (non-hydrogen) atoms. The Balaban J connectivity index is 4.23. The van der Waals surface area contributed by atoms with Crippen LogP contribution < -0.4 is 22.5 Å². The van der Waals surface area contributed by atoms with Crippen molar-refractivity contribution in [2.45, 2.75) is 50.2 Å². The molecule has 0 radical (unpaired) electrons. The number of primary amides is 1. The molecule has 0 aromatic rings. The maximum absolute atomic E-state index is 11.6. The minimum atomic E-state index is -1.24. The summed E-state index contributed by atoms with van der Waals surface area (Å²) in [7, 11) is 0. The van der Waals surface area contributed by atoms with Crippen molar-refractivity contribution >= 4 is 23.8 Å². The molecule has 0 aromatic heterocycles. The van der Waals surface area contributed by atoms with E-state index in [0.29, 0.717) is 0 Å². The van der Waals surface area contributed by atoms with E-state index in [-0.39, 0.29) is 32.1 Å². The van der Waals surface area contributed by atoms with E-state index in [4.69, 9.17) is 27.4 Å². The fourth-order valence-corrected chi connectivity index (χ4v) is 1.62. The van der Waals surface area contributed by atoms with Gasteiger partial charge in [-0.25, -0.2) is 4.79 Å². The van der Waals surface area contributed by atoms with Gasteiger partial charge in [-0.2, -0.15) is 0 Å². The Morgan fingerprint density at radius 3 is 1.95 bits per heavy atom. The molecule has 2 unspecified atom stereocenters. The maximum Gasteiger partial charge on any atom is 0.326 e. The van der Waals surface area contributed by atoms with Crippen LogP contribution in [0.15, 0.2) is 0 Å². The molecule has 0 fully saturated rings. The second-order valence-corrected chi connectivity index (χ2v) is 4.88. The highest BCUT2D eigenvalue weighted by atomic mass is 16.4. The quantitative estimate of drug-likeness (QED) is 0.245. The van der Waals surface area contributed by atoms with Crippen molar-refractivity contribution in [3.05, 3.63) is 0 Å². The summed E-state index contributed by atoms with van der Waals surface area (Å²) in [5.74, 6) is -3.73. The smallest absolute Gasteiger partial charge is 0.326 e. The summed E-state index contributed by atoms with van der Waals surface area (Å²) in [6.07, 6.45) is 0.247. The second kappa shape index (κ2) is 9.68. The summed E-state index contributed by atoms with van der Waals surface area (Å²) in [6, 6.07) is -3.19. The van der Waals surface area contributed by atoms with Crippen LogP contribution in [0.5, 0.6) is 0 Å². The van der Waals surface area contributed by atoms with E-state index in [1.165, 1.54) is 0 Å². The lowest BCUT2D eigenvalue weighted by molar-refractivity contribution is -0.142. The monoisotopic (exact) mass is 318 g/mol. The number of hydrogen-bond donors (Lipinski definition) is 6. The lowest BCUT2D eigenvalue weighted by Crippen LogP contribution is -2.42. The number of nitrogens with two attached hydrogens (primary N) is 3. The lowest BCUT2D eigenvalue weighted by Gasteiger charge is -2.15. The molecular weight excluding hydrogens is 296 g/mol. The SMILES string of the molecule is NC(=O)[C@@H](N)CCC(=O)NC(CCCC(N)C(=O)O)C(=O)O. The van der Waals surface area contributed by atoms with Crippen LogP contribution in [0, 0.1) is 0 Å². The van der Waals surface area contributed by atoms with Crippen LogP contribution >= 0.6 is 0 Å². The summed E-state index contributed by atoms with van der Waals surface area (Å²) in [5.41, 5.74) is 15.6. The van der Waals surface area contributed by atoms with Gasteiger partial charge in [0.15, 0.2) is 0 Å². The first-order valence-corrected chi connectivity index (χ1v) is 6.70. The van der Waals surface area contributed by atoms with E-state index in [2.05, 4.69) is 5.32 Å². The van der Waals surface area contributed by atoms with Crippen LogP contribution in [-0.2, 0) is 19.2 Å². The number of carboxylic acids is 2. The molecule has 0 spiro atoms. The topological polar surface area (TPSA) is 199 Å². The van der Waals surface area contributed by atoms with Crippen LogP contribution in [0.2, 0.25) is 0 Å². The van der Waals surface area contributed by atoms with Crippen LogP contribution in [0.3, 0.4) is 0 Å². The Bertz CT molecular complexity index is 428. The molecule has 3 atom stereocenters. The highest BCUT2D eigenvalue weighted by molar-refractivity contribution is 5.84. The predicted octanol–water partition coefficient (Wildman–Crippen LogP) is -2.27. The van der Waals surface area contributed by atoms with Gasteiger partial charge in [-0.3, -0.25) is 14.4 Å². The van der Waals surface area contributed by atoms with E-state index in [1.807, 2.05) is 0 Å². The Hall–Kier alpha value is -2.20. The zero-order valence-electron chi connectivity index (χ0n) is 12.0. The fraction of sp³-hybridized carbons (Fsp3) is 0.667. The lowest BCUT2D eigenvalue weighted by atomic mass is 10.1. The number of hydrogen-bond acceptors (Lipinski definition) is 6. The number of carboxylic acid groups (broad SMARTS) is 2. The first kappa shape index (κ1) is 19.8. The van der Waals surface area contributed by atoms with E-state index in [9.17, 15) is 19.2 Å². The van der Waals surface area contributed by atoms with Gasteiger partial charge in [-0.1, -0.05) is 0 Å². The average Bonchev–Trinajstić information content (AvgIpc) is 2.42. The number of carbonyl (C=O) groups is 4. The Morgan fingerprint density at radius 1 is 0.909 bits per heavy atom. The van der Waals surface area contributed by atoms with Crippen molar-refractivity contribution < 1.29 is 29.4 Å². The number of nitrogens with one attached hydrogen (secondary N) is 1. The minimum Gasteiger partial charge on any atom is -0.480 e. The summed E-state index contributed by atoms with van der Waals surface area (Å²) < 4.78 is 0. The van der Waals surface area contributed by atoms with E-state index < -0.39 is 41.9 Å². The van der Waals surface area contributed by atoms with E-state index in [0.717, 1.165) is 0 Å². The third kappa shape index (κ3) is 8.17. The van der Waals surface area contributed by atoms with Gasteiger partial charge in [0.2, 0.25) is 11.8 Å². The maximum atomic E-state index is 11.6. The largest absolute Gasteiger partial charge is 0.480 e. The molecule has 9 N–H and O–H groups in total. The summed E-state index contributed by atoms with van der Waals surface area (Å²) in [5, 5.41) is 19.9. The van der Waals surface area contributed by atoms with Crippen LogP contribution in [0.4, 0.5) is 0 Å². The highest BCUT2D eigenvalue weighted by Crippen LogP contribution is 2.05. The van der Waals surface area contributed by atoms with Gasteiger partial charge >= 0.3 is 11.9 Å². The minimum absolute atomic E-state index is 0.0113. The highest BCUT2D eigenvalue weighted by Gasteiger charge is 2.21. The van der Waals surface area contributed by atoms with Gasteiger partial charge in [0.05, 0.1) is 6.04 Å². The molecule has 10 nitrogen and oxygen atoms in total. The molecule has 0 aliphatic carbocycles. The Kier molecular flexibility index (Phi) is 8.72. The summed E-state index contributed by atoms with van der Waals surface area (Å²) >= 11 is 0. The van der Waals surface area contributed by atoms with Gasteiger partial charge in [0.1, 0.15) is 12.1 Å². The van der Waals surface area contributed by atoms with Crippen molar-refractivity contribution in [3.8, 4) is 0 Å². The molecule has 0 aliphatic heterocycles. The van der Waals surface area contributed by atoms with Crippen molar-refractivity contribution in [2.75, 3.05) is 0 Å². The van der Waals surface area contributed by atoms with Gasteiger partial charge < -0.3 is 32.7 Å². The molecule has 2 amide bonds. The fourth-order valence-electron chi connectivity index (χ4n) is 1.62. The molecule has 126 valence electrons. The molecular formula is C12H22N4O6. The Morgan fingerprint density at radius 2 is 1.50 bits per heavy atom. The van der Waals surface area contributed by atoms with Gasteiger partial charge in [-0.05, 0) is 25.7 Å².